The number of halogens is 2. The highest BCUT2D eigenvalue weighted by Gasteiger charge is 2.33. The molecule has 0 saturated heterocycles. The lowest BCUT2D eigenvalue weighted by Gasteiger charge is -2.30. The number of hydrogen-bond acceptors (Lipinski definition) is 4. The molecule has 0 atom stereocenters. The Bertz CT molecular complexity index is 521. The summed E-state index contributed by atoms with van der Waals surface area (Å²) < 4.78 is 24.2. The largest absolute Gasteiger partial charge is 0.494 e. The van der Waals surface area contributed by atoms with E-state index < -0.39 is 11.8 Å². The number of rotatable bonds is 2. The molecule has 18 heavy (non-hydrogen) atoms. The van der Waals surface area contributed by atoms with Gasteiger partial charge in [0.1, 0.15) is 22.9 Å². The second kappa shape index (κ2) is 4.53. The van der Waals surface area contributed by atoms with Crippen LogP contribution < -0.4 is 14.4 Å². The van der Waals surface area contributed by atoms with Gasteiger partial charge in [-0.25, -0.2) is 9.18 Å². The van der Waals surface area contributed by atoms with E-state index in [1.807, 2.05) is 0 Å². The van der Waals surface area contributed by atoms with E-state index in [2.05, 4.69) is 0 Å². The molecule has 0 aliphatic carbocycles. The third-order valence-electron chi connectivity index (χ3n) is 2.74. The first-order chi connectivity index (χ1) is 8.49. The molecule has 1 aromatic rings. The molecule has 1 heterocycles. The molecule has 1 aromatic carbocycles. The molecular weight excluding hydrogens is 265 g/mol. The lowest BCUT2D eigenvalue weighted by Crippen LogP contribution is -2.31. The average Bonchev–Trinajstić information content (AvgIpc) is 2.32. The van der Waals surface area contributed by atoms with Gasteiger partial charge in [-0.05, 0) is 0 Å². The van der Waals surface area contributed by atoms with Gasteiger partial charge in [-0.1, -0.05) is 11.6 Å². The minimum absolute atomic E-state index is 0.0458. The molecule has 0 amide bonds. The Morgan fingerprint density at radius 1 is 1.61 bits per heavy atom. The average molecular weight is 276 g/mol. The molecule has 5 nitrogen and oxygen atoms in total. The van der Waals surface area contributed by atoms with E-state index in [-0.39, 0.29) is 34.4 Å². The van der Waals surface area contributed by atoms with Gasteiger partial charge in [0.15, 0.2) is 17.3 Å². The number of carboxylic acids is 1. The summed E-state index contributed by atoms with van der Waals surface area (Å²) in [4.78, 5) is 12.8. The van der Waals surface area contributed by atoms with E-state index in [9.17, 15) is 14.3 Å². The van der Waals surface area contributed by atoms with E-state index in [1.54, 1.807) is 11.9 Å². The summed E-state index contributed by atoms with van der Waals surface area (Å²) in [6.07, 6.45) is 0. The van der Waals surface area contributed by atoms with Crippen molar-refractivity contribution in [1.82, 2.24) is 0 Å². The smallest absolute Gasteiger partial charge is 0.343 e. The number of likely N-dealkylation sites (N-methyl/N-ethyl adjacent to an activating group) is 1. The van der Waals surface area contributed by atoms with Crippen LogP contribution in [0, 0.1) is 5.82 Å². The molecular formula is C11H11ClFNO4. The van der Waals surface area contributed by atoms with Crippen LogP contribution in [-0.2, 0) is 0 Å². The third-order valence-corrected chi connectivity index (χ3v) is 3.08. The first kappa shape index (κ1) is 12.8. The normalized spacial score (nSPS) is 13.9. The molecule has 0 radical (unpaired) electrons. The van der Waals surface area contributed by atoms with Crippen LogP contribution in [0.5, 0.6) is 11.5 Å². The highest BCUT2D eigenvalue weighted by molar-refractivity contribution is 6.33. The SMILES string of the molecule is COc1c(Cl)c(F)c2c(c1C(=O)O)OCCN2C. The van der Waals surface area contributed by atoms with Crippen molar-refractivity contribution in [2.24, 2.45) is 0 Å². The highest BCUT2D eigenvalue weighted by Crippen LogP contribution is 2.46. The molecule has 7 heteroatoms. The number of methoxy groups -OCH3 is 1. The zero-order valence-electron chi connectivity index (χ0n) is 9.79. The van der Waals surface area contributed by atoms with Crippen molar-refractivity contribution in [3.05, 3.63) is 16.4 Å². The molecule has 1 N–H and O–H groups in total. The molecule has 0 saturated carbocycles. The maximum absolute atomic E-state index is 14.1. The van der Waals surface area contributed by atoms with Gasteiger partial charge in [0.2, 0.25) is 0 Å². The Kier molecular flexibility index (Phi) is 3.21. The van der Waals surface area contributed by atoms with Crippen molar-refractivity contribution in [3.8, 4) is 11.5 Å². The van der Waals surface area contributed by atoms with Gasteiger partial charge >= 0.3 is 5.97 Å². The van der Waals surface area contributed by atoms with Crippen LogP contribution in [0.3, 0.4) is 0 Å². The molecule has 0 spiro atoms. The Morgan fingerprint density at radius 3 is 2.83 bits per heavy atom. The molecule has 1 aliphatic heterocycles. The monoisotopic (exact) mass is 275 g/mol. The molecule has 0 unspecified atom stereocenters. The number of fused-ring (bicyclic) bond motifs is 1. The summed E-state index contributed by atoms with van der Waals surface area (Å²) >= 11 is 5.80. The van der Waals surface area contributed by atoms with Crippen LogP contribution >= 0.6 is 11.6 Å². The number of aromatic carboxylic acids is 1. The summed E-state index contributed by atoms with van der Waals surface area (Å²) in [6, 6.07) is 0. The molecule has 0 fully saturated rings. The maximum Gasteiger partial charge on any atom is 0.343 e. The van der Waals surface area contributed by atoms with Crippen molar-refractivity contribution in [2.75, 3.05) is 32.2 Å². The van der Waals surface area contributed by atoms with Crippen LogP contribution in [0.25, 0.3) is 0 Å². The third kappa shape index (κ3) is 1.73. The first-order valence-electron chi connectivity index (χ1n) is 5.15. The van der Waals surface area contributed by atoms with Crippen LogP contribution in [-0.4, -0.2) is 38.4 Å². The molecule has 0 aromatic heterocycles. The Balaban J connectivity index is 2.83. The maximum atomic E-state index is 14.1. The zero-order chi connectivity index (χ0) is 13.4. The summed E-state index contributed by atoms with van der Waals surface area (Å²) in [5.74, 6) is -2.29. The number of carboxylic acid groups (broad SMARTS) is 1. The minimum atomic E-state index is -1.28. The lowest BCUT2D eigenvalue weighted by atomic mass is 10.1. The first-order valence-corrected chi connectivity index (χ1v) is 5.53. The minimum Gasteiger partial charge on any atom is -0.494 e. The quantitative estimate of drug-likeness (QED) is 0.895. The zero-order valence-corrected chi connectivity index (χ0v) is 10.5. The molecule has 98 valence electrons. The Morgan fingerprint density at radius 2 is 2.28 bits per heavy atom. The number of benzene rings is 1. The fourth-order valence-corrected chi connectivity index (χ4v) is 2.16. The number of ether oxygens (including phenoxy) is 2. The highest BCUT2D eigenvalue weighted by atomic mass is 35.5. The topological polar surface area (TPSA) is 59.0 Å². The van der Waals surface area contributed by atoms with E-state index >= 15 is 0 Å². The molecule has 2 rings (SSSR count). The van der Waals surface area contributed by atoms with Gasteiger partial charge < -0.3 is 19.5 Å². The van der Waals surface area contributed by atoms with E-state index in [1.165, 1.54) is 7.11 Å². The van der Waals surface area contributed by atoms with Crippen LogP contribution in [0.15, 0.2) is 0 Å². The van der Waals surface area contributed by atoms with Gasteiger partial charge in [-0.2, -0.15) is 0 Å². The molecule has 0 bridgehead atoms. The number of carbonyl (C=O) groups is 1. The fraction of sp³-hybridized carbons (Fsp3) is 0.364. The Hall–Kier alpha value is -1.69. The fourth-order valence-electron chi connectivity index (χ4n) is 1.90. The van der Waals surface area contributed by atoms with Crippen molar-refractivity contribution in [3.63, 3.8) is 0 Å². The number of nitrogens with zero attached hydrogens (tertiary/aromatic N) is 1. The van der Waals surface area contributed by atoms with Crippen LogP contribution in [0.1, 0.15) is 10.4 Å². The summed E-state index contributed by atoms with van der Waals surface area (Å²) in [6.45, 7) is 0.722. The standard InChI is InChI=1S/C11H11ClFNO4/c1-14-3-4-18-10-5(11(15)16)9(17-2)6(12)7(13)8(10)14/h3-4H2,1-2H3,(H,15,16). The number of anilines is 1. The van der Waals surface area contributed by atoms with Crippen molar-refractivity contribution in [1.29, 1.82) is 0 Å². The van der Waals surface area contributed by atoms with Crippen LogP contribution in [0.4, 0.5) is 10.1 Å². The van der Waals surface area contributed by atoms with E-state index in [0.29, 0.717) is 6.54 Å². The Labute approximate surface area is 108 Å². The van der Waals surface area contributed by atoms with E-state index in [0.717, 1.165) is 0 Å². The summed E-state index contributed by atoms with van der Waals surface area (Å²) in [5.41, 5.74) is -0.213. The number of hydrogen-bond donors (Lipinski definition) is 1. The van der Waals surface area contributed by atoms with Gasteiger partial charge in [0.05, 0.1) is 13.7 Å². The summed E-state index contributed by atoms with van der Waals surface area (Å²) in [5, 5.41) is 8.84. The molecule has 1 aliphatic rings. The predicted molar refractivity (Wildman–Crippen MR) is 63.7 cm³/mol. The van der Waals surface area contributed by atoms with Crippen LogP contribution in [0.2, 0.25) is 5.02 Å². The van der Waals surface area contributed by atoms with Gasteiger partial charge in [-0.15, -0.1) is 0 Å². The second-order valence-corrected chi connectivity index (χ2v) is 4.17. The second-order valence-electron chi connectivity index (χ2n) is 3.79. The van der Waals surface area contributed by atoms with Gasteiger partial charge in [0, 0.05) is 7.05 Å². The van der Waals surface area contributed by atoms with E-state index in [4.69, 9.17) is 21.1 Å². The van der Waals surface area contributed by atoms with Crippen molar-refractivity contribution >= 4 is 23.3 Å². The lowest BCUT2D eigenvalue weighted by molar-refractivity contribution is 0.0688. The summed E-state index contributed by atoms with van der Waals surface area (Å²) in [7, 11) is 2.87. The predicted octanol–water partition coefficient (Wildman–Crippen LogP) is 2.01. The van der Waals surface area contributed by atoms with Crippen molar-refractivity contribution in [2.45, 2.75) is 0 Å². The van der Waals surface area contributed by atoms with Crippen molar-refractivity contribution < 1.29 is 23.8 Å². The van der Waals surface area contributed by atoms with Gasteiger partial charge in [0.25, 0.3) is 0 Å². The van der Waals surface area contributed by atoms with Gasteiger partial charge in [-0.3, -0.25) is 0 Å².